The Balaban J connectivity index is 1.06. The summed E-state index contributed by atoms with van der Waals surface area (Å²) in [5.74, 6) is -1.78. The van der Waals surface area contributed by atoms with Gasteiger partial charge in [-0.25, -0.2) is 4.79 Å². The molecule has 0 aromatic carbocycles. The lowest BCUT2D eigenvalue weighted by Crippen LogP contribution is -2.64. The number of carbonyl (C=O) groups excluding carboxylic acids is 2. The van der Waals surface area contributed by atoms with Crippen molar-refractivity contribution in [2.24, 2.45) is 44.8 Å². The molecular formula is C44H70O17. The minimum atomic E-state index is -1.64. The van der Waals surface area contributed by atoms with E-state index in [1.165, 1.54) is 6.92 Å². The molecule has 0 bridgehead atoms. The van der Waals surface area contributed by atoms with Crippen molar-refractivity contribution in [3.05, 3.63) is 0 Å². The largest absolute Gasteiger partial charge is 0.460 e. The van der Waals surface area contributed by atoms with Crippen molar-refractivity contribution in [2.45, 2.75) is 198 Å². The van der Waals surface area contributed by atoms with Gasteiger partial charge >= 0.3 is 11.9 Å². The third-order valence-corrected chi connectivity index (χ3v) is 17.9. The van der Waals surface area contributed by atoms with E-state index in [0.717, 1.165) is 25.7 Å². The third kappa shape index (κ3) is 6.88. The normalized spacial score (nSPS) is 53.8. The highest BCUT2D eigenvalue weighted by Crippen LogP contribution is 2.89. The molecule has 8 rings (SSSR count). The molecule has 3 heterocycles. The van der Waals surface area contributed by atoms with E-state index in [9.17, 15) is 50.4 Å². The second kappa shape index (κ2) is 15.2. The van der Waals surface area contributed by atoms with Crippen molar-refractivity contribution in [3.63, 3.8) is 0 Å². The molecular weight excluding hydrogens is 800 g/mol. The minimum absolute atomic E-state index is 0.0322. The second-order valence-electron chi connectivity index (χ2n) is 22.0. The molecule has 0 aromatic heterocycles. The lowest BCUT2D eigenvalue weighted by molar-refractivity contribution is -0.356. The number of ether oxygens (including phenoxy) is 7. The number of aliphatic hydroxyl groups is 8. The SMILES string of the molecule is CC(=O)OC1CC(C)(C2C(OC(=O)CO)CC3(C)C4CC(O)C5C(C)(C)C(OC6OCC(O)C(O)C6OC6OCC(O)C(O)C6O)CCC56CC46CCC23C)OC1C(C)(C)O. The molecule has 5 saturated carbocycles. The lowest BCUT2D eigenvalue weighted by Gasteiger charge is -2.64. The minimum Gasteiger partial charge on any atom is -0.460 e. The van der Waals surface area contributed by atoms with Crippen LogP contribution in [0.5, 0.6) is 0 Å². The van der Waals surface area contributed by atoms with Crippen LogP contribution in [-0.4, -0.2) is 164 Å². The van der Waals surface area contributed by atoms with Gasteiger partial charge in [0.2, 0.25) is 0 Å². The summed E-state index contributed by atoms with van der Waals surface area (Å²) in [6.07, 6.45) is -9.64. The maximum absolute atomic E-state index is 13.0. The number of rotatable bonds is 9. The van der Waals surface area contributed by atoms with Crippen LogP contribution in [0.3, 0.4) is 0 Å². The fourth-order valence-corrected chi connectivity index (χ4v) is 15.3. The second-order valence-corrected chi connectivity index (χ2v) is 22.0. The van der Waals surface area contributed by atoms with Gasteiger partial charge in [0.25, 0.3) is 0 Å². The summed E-state index contributed by atoms with van der Waals surface area (Å²) in [7, 11) is 0. The molecule has 5 aliphatic carbocycles. The molecule has 0 radical (unpaired) electrons. The summed E-state index contributed by atoms with van der Waals surface area (Å²) in [5, 5.41) is 86.2. The number of aliphatic hydroxyl groups excluding tert-OH is 7. The van der Waals surface area contributed by atoms with E-state index in [1.54, 1.807) is 13.8 Å². The summed E-state index contributed by atoms with van der Waals surface area (Å²) in [6.45, 7) is 13.9. The van der Waals surface area contributed by atoms with Crippen LogP contribution in [0.25, 0.3) is 0 Å². The Bertz CT molecular complexity index is 1690. The van der Waals surface area contributed by atoms with Crippen LogP contribution in [0.1, 0.15) is 107 Å². The molecule has 8 aliphatic rings. The molecule has 3 saturated heterocycles. The predicted molar refractivity (Wildman–Crippen MR) is 210 cm³/mol. The van der Waals surface area contributed by atoms with E-state index in [1.807, 2.05) is 6.92 Å². The quantitative estimate of drug-likeness (QED) is 0.116. The average molecular weight is 871 g/mol. The van der Waals surface area contributed by atoms with E-state index < -0.39 is 132 Å². The van der Waals surface area contributed by atoms with Gasteiger partial charge in [-0.3, -0.25) is 4.79 Å². The molecule has 0 amide bonds. The van der Waals surface area contributed by atoms with E-state index in [2.05, 4.69) is 27.7 Å². The molecule has 0 aromatic rings. The van der Waals surface area contributed by atoms with Crippen LogP contribution in [0.2, 0.25) is 0 Å². The van der Waals surface area contributed by atoms with Crippen molar-refractivity contribution in [3.8, 4) is 0 Å². The van der Waals surface area contributed by atoms with Crippen molar-refractivity contribution in [1.82, 2.24) is 0 Å². The van der Waals surface area contributed by atoms with Crippen LogP contribution in [0.15, 0.2) is 0 Å². The smallest absolute Gasteiger partial charge is 0.332 e. The van der Waals surface area contributed by atoms with Gasteiger partial charge in [-0.2, -0.15) is 0 Å². The first-order chi connectivity index (χ1) is 28.3. The van der Waals surface area contributed by atoms with Crippen molar-refractivity contribution < 1.29 is 83.6 Å². The Morgan fingerprint density at radius 2 is 1.39 bits per heavy atom. The van der Waals surface area contributed by atoms with Crippen LogP contribution >= 0.6 is 0 Å². The first-order valence-corrected chi connectivity index (χ1v) is 22.3. The summed E-state index contributed by atoms with van der Waals surface area (Å²) < 4.78 is 42.8. The van der Waals surface area contributed by atoms with Crippen LogP contribution < -0.4 is 0 Å². The predicted octanol–water partition coefficient (Wildman–Crippen LogP) is 0.448. The molecule has 348 valence electrons. The Morgan fingerprint density at radius 3 is 2.03 bits per heavy atom. The number of hydrogen-bond donors (Lipinski definition) is 8. The third-order valence-electron chi connectivity index (χ3n) is 17.9. The van der Waals surface area contributed by atoms with Gasteiger partial charge in [-0.05, 0) is 105 Å². The molecule has 17 heteroatoms. The summed E-state index contributed by atoms with van der Waals surface area (Å²) >= 11 is 0. The Kier molecular flexibility index (Phi) is 11.5. The molecule has 8 fully saturated rings. The van der Waals surface area contributed by atoms with Gasteiger partial charge in [0.05, 0.1) is 36.6 Å². The molecule has 21 unspecified atom stereocenters. The Labute approximate surface area is 357 Å². The molecule has 21 atom stereocenters. The van der Waals surface area contributed by atoms with E-state index in [4.69, 9.17) is 33.2 Å². The van der Waals surface area contributed by atoms with Crippen molar-refractivity contribution in [2.75, 3.05) is 19.8 Å². The first-order valence-electron chi connectivity index (χ1n) is 22.3. The van der Waals surface area contributed by atoms with Crippen LogP contribution in [-0.2, 0) is 42.7 Å². The van der Waals surface area contributed by atoms with E-state index >= 15 is 0 Å². The van der Waals surface area contributed by atoms with Gasteiger partial charge in [0, 0.05) is 19.3 Å². The number of carbonyl (C=O) groups is 2. The summed E-state index contributed by atoms with van der Waals surface area (Å²) in [5.41, 5.74) is -4.29. The molecule has 3 aliphatic heterocycles. The topological polar surface area (TPSA) is 261 Å². The zero-order valence-electron chi connectivity index (χ0n) is 36.8. The zero-order chi connectivity index (χ0) is 44.6. The van der Waals surface area contributed by atoms with Gasteiger partial charge in [0.1, 0.15) is 61.5 Å². The highest BCUT2D eigenvalue weighted by atomic mass is 16.7. The van der Waals surface area contributed by atoms with Gasteiger partial charge in [-0.15, -0.1) is 0 Å². The van der Waals surface area contributed by atoms with Gasteiger partial charge in [-0.1, -0.05) is 27.7 Å². The number of fused-ring (bicyclic) bond motifs is 2. The number of hydrogen-bond acceptors (Lipinski definition) is 17. The maximum atomic E-state index is 13.0. The van der Waals surface area contributed by atoms with Crippen molar-refractivity contribution >= 4 is 11.9 Å². The van der Waals surface area contributed by atoms with Crippen LogP contribution in [0, 0.1) is 44.8 Å². The lowest BCUT2D eigenvalue weighted by atomic mass is 9.41. The Morgan fingerprint density at radius 1 is 0.738 bits per heavy atom. The van der Waals surface area contributed by atoms with Gasteiger partial charge < -0.3 is 74.0 Å². The number of esters is 2. The standard InChI is InChI=1S/C44H70O17/c1-20(46)57-25-15-42(8,61-35(25)39(4,5)54)34-24(58-28(50)16-45)14-41(7)26-13-21(47)33-38(2,3)27(9-10-44(33)19-43(26,44)12-11-40(34,41)6)59-37-32(30(52)23(49)18-56-37)60-36-31(53)29(51)22(48)17-55-36/h21-27,29-37,45,47-49,51-54H,9-19H2,1-8H3. The van der Waals surface area contributed by atoms with Crippen molar-refractivity contribution in [1.29, 1.82) is 0 Å². The zero-order valence-corrected chi connectivity index (χ0v) is 36.8. The fraction of sp³-hybridized carbons (Fsp3) is 0.955. The van der Waals surface area contributed by atoms with Gasteiger partial charge in [0.15, 0.2) is 12.6 Å². The summed E-state index contributed by atoms with van der Waals surface area (Å²) in [6, 6.07) is 0. The van der Waals surface area contributed by atoms with Crippen LogP contribution in [0.4, 0.5) is 0 Å². The molecule has 2 spiro atoms. The maximum Gasteiger partial charge on any atom is 0.332 e. The van der Waals surface area contributed by atoms with E-state index in [0.29, 0.717) is 19.3 Å². The van der Waals surface area contributed by atoms with E-state index in [-0.39, 0.29) is 42.3 Å². The highest BCUT2D eigenvalue weighted by Gasteiger charge is 2.85. The molecule has 17 nitrogen and oxygen atoms in total. The average Bonchev–Trinajstić information content (AvgIpc) is 3.58. The fourth-order valence-electron chi connectivity index (χ4n) is 15.3. The monoisotopic (exact) mass is 870 g/mol. The molecule has 8 N–H and O–H groups in total. The highest BCUT2D eigenvalue weighted by molar-refractivity contribution is 5.70. The first kappa shape index (κ1) is 46.0. The molecule has 61 heavy (non-hydrogen) atoms. The summed E-state index contributed by atoms with van der Waals surface area (Å²) in [4.78, 5) is 25.3. The Hall–Kier alpha value is -1.58.